The molecular weight excluding hydrogens is 284 g/mol. The molecule has 0 bridgehead atoms. The van der Waals surface area contributed by atoms with Crippen molar-refractivity contribution >= 4 is 12.2 Å². The molecule has 0 N–H and O–H groups in total. The standard InChI is InChI=1S/C16H28N2O4/c1-15(2,3)21-13(19)17-9-10-18(12-8-7-11(12)17)14(20)22-16(4,5)6/h11-12H,7-10H2,1-6H3/t11-,12-/m0/s1. The van der Waals surface area contributed by atoms with Crippen molar-refractivity contribution in [2.24, 2.45) is 0 Å². The van der Waals surface area contributed by atoms with Crippen LogP contribution in [0.25, 0.3) is 0 Å². The fraction of sp³-hybridized carbons (Fsp3) is 0.875. The molecule has 1 saturated heterocycles. The molecule has 1 aliphatic carbocycles. The van der Waals surface area contributed by atoms with Gasteiger partial charge >= 0.3 is 12.2 Å². The van der Waals surface area contributed by atoms with Crippen molar-refractivity contribution in [1.29, 1.82) is 0 Å². The van der Waals surface area contributed by atoms with E-state index in [2.05, 4.69) is 0 Å². The molecule has 1 aliphatic heterocycles. The highest BCUT2D eigenvalue weighted by molar-refractivity contribution is 5.72. The Bertz CT molecular complexity index is 408. The molecule has 0 aromatic rings. The van der Waals surface area contributed by atoms with Crippen molar-refractivity contribution < 1.29 is 19.1 Å². The molecule has 2 fully saturated rings. The minimum Gasteiger partial charge on any atom is -0.444 e. The van der Waals surface area contributed by atoms with Crippen LogP contribution in [-0.4, -0.2) is 58.4 Å². The summed E-state index contributed by atoms with van der Waals surface area (Å²) in [6.45, 7) is 12.2. The van der Waals surface area contributed by atoms with Gasteiger partial charge in [-0.3, -0.25) is 0 Å². The lowest BCUT2D eigenvalue weighted by Crippen LogP contribution is -2.67. The van der Waals surface area contributed by atoms with E-state index in [0.29, 0.717) is 13.1 Å². The van der Waals surface area contributed by atoms with Crippen molar-refractivity contribution in [3.63, 3.8) is 0 Å². The van der Waals surface area contributed by atoms with E-state index < -0.39 is 11.2 Å². The Morgan fingerprint density at radius 1 is 0.773 bits per heavy atom. The van der Waals surface area contributed by atoms with Crippen LogP contribution in [-0.2, 0) is 9.47 Å². The van der Waals surface area contributed by atoms with Gasteiger partial charge in [0, 0.05) is 13.1 Å². The Morgan fingerprint density at radius 3 is 1.32 bits per heavy atom. The summed E-state index contributed by atoms with van der Waals surface area (Å²) >= 11 is 0. The highest BCUT2D eigenvalue weighted by Gasteiger charge is 2.48. The lowest BCUT2D eigenvalue weighted by Gasteiger charge is -2.53. The molecule has 6 heteroatoms. The van der Waals surface area contributed by atoms with E-state index in [9.17, 15) is 9.59 Å². The molecule has 0 radical (unpaired) electrons. The largest absolute Gasteiger partial charge is 0.444 e. The molecule has 0 aromatic carbocycles. The molecule has 2 atom stereocenters. The molecule has 1 heterocycles. The summed E-state index contributed by atoms with van der Waals surface area (Å²) in [4.78, 5) is 28.1. The monoisotopic (exact) mass is 312 g/mol. The van der Waals surface area contributed by atoms with E-state index in [1.165, 1.54) is 0 Å². The highest BCUT2D eigenvalue weighted by Crippen LogP contribution is 2.35. The van der Waals surface area contributed by atoms with Crippen LogP contribution in [0, 0.1) is 0 Å². The van der Waals surface area contributed by atoms with Crippen molar-refractivity contribution in [3.8, 4) is 0 Å². The van der Waals surface area contributed by atoms with Crippen LogP contribution in [0.15, 0.2) is 0 Å². The van der Waals surface area contributed by atoms with Crippen LogP contribution in [0.3, 0.4) is 0 Å². The first kappa shape index (κ1) is 16.9. The summed E-state index contributed by atoms with van der Waals surface area (Å²) < 4.78 is 10.9. The Hall–Kier alpha value is -1.46. The van der Waals surface area contributed by atoms with Crippen LogP contribution in [0.4, 0.5) is 9.59 Å². The maximum Gasteiger partial charge on any atom is 0.410 e. The number of hydrogen-bond donors (Lipinski definition) is 0. The molecule has 2 aliphatic rings. The zero-order valence-corrected chi connectivity index (χ0v) is 14.5. The number of nitrogens with zero attached hydrogens (tertiary/aromatic N) is 2. The summed E-state index contributed by atoms with van der Waals surface area (Å²) in [5.74, 6) is 0. The van der Waals surface area contributed by atoms with Gasteiger partial charge in [0.2, 0.25) is 0 Å². The van der Waals surface area contributed by atoms with Crippen molar-refractivity contribution in [1.82, 2.24) is 9.80 Å². The summed E-state index contributed by atoms with van der Waals surface area (Å²) in [7, 11) is 0. The first-order valence-corrected chi connectivity index (χ1v) is 7.97. The average Bonchev–Trinajstić information content (AvgIpc) is 2.24. The van der Waals surface area contributed by atoms with Crippen LogP contribution in [0.1, 0.15) is 54.4 Å². The van der Waals surface area contributed by atoms with Gasteiger partial charge in [0.25, 0.3) is 0 Å². The summed E-state index contributed by atoms with van der Waals surface area (Å²) in [6, 6.07) is 0.104. The first-order chi connectivity index (χ1) is 9.98. The maximum absolute atomic E-state index is 12.3. The molecule has 2 rings (SSSR count). The number of rotatable bonds is 0. The van der Waals surface area contributed by atoms with Gasteiger partial charge in [0.05, 0.1) is 12.1 Å². The molecular formula is C16H28N2O4. The quantitative estimate of drug-likeness (QED) is 0.690. The molecule has 0 unspecified atom stereocenters. The smallest absolute Gasteiger partial charge is 0.410 e. The average molecular weight is 312 g/mol. The molecule has 22 heavy (non-hydrogen) atoms. The van der Waals surface area contributed by atoms with E-state index in [4.69, 9.17) is 9.47 Å². The zero-order valence-electron chi connectivity index (χ0n) is 14.5. The predicted octanol–water partition coefficient (Wildman–Crippen LogP) is 3.01. The number of piperazine rings is 1. The summed E-state index contributed by atoms with van der Waals surface area (Å²) in [6.07, 6.45) is 1.24. The summed E-state index contributed by atoms with van der Waals surface area (Å²) in [5, 5.41) is 0. The second-order valence-corrected chi connectivity index (χ2v) is 8.06. The van der Waals surface area contributed by atoms with Crippen molar-refractivity contribution in [2.45, 2.75) is 77.7 Å². The third-order valence-electron chi connectivity index (χ3n) is 3.84. The second kappa shape index (κ2) is 5.63. The Morgan fingerprint density at radius 2 is 1.09 bits per heavy atom. The van der Waals surface area contributed by atoms with Gasteiger partial charge in [0.15, 0.2) is 0 Å². The van der Waals surface area contributed by atoms with Gasteiger partial charge in [-0.2, -0.15) is 0 Å². The molecule has 6 nitrogen and oxygen atoms in total. The van der Waals surface area contributed by atoms with Crippen LogP contribution < -0.4 is 0 Å². The fourth-order valence-electron chi connectivity index (χ4n) is 2.83. The minimum atomic E-state index is -0.501. The summed E-state index contributed by atoms with van der Waals surface area (Å²) in [5.41, 5.74) is -1.00. The third-order valence-corrected chi connectivity index (χ3v) is 3.84. The van der Waals surface area contributed by atoms with E-state index in [-0.39, 0.29) is 24.3 Å². The van der Waals surface area contributed by atoms with Crippen molar-refractivity contribution in [3.05, 3.63) is 0 Å². The topological polar surface area (TPSA) is 59.1 Å². The zero-order chi connectivity index (χ0) is 16.7. The maximum atomic E-state index is 12.3. The lowest BCUT2D eigenvalue weighted by atomic mass is 9.82. The van der Waals surface area contributed by atoms with Crippen molar-refractivity contribution in [2.75, 3.05) is 13.1 Å². The molecule has 2 amide bonds. The number of amides is 2. The van der Waals surface area contributed by atoms with Gasteiger partial charge in [-0.05, 0) is 54.4 Å². The predicted molar refractivity (Wildman–Crippen MR) is 82.7 cm³/mol. The van der Waals surface area contributed by atoms with Gasteiger partial charge in [-0.1, -0.05) is 0 Å². The van der Waals surface area contributed by atoms with Gasteiger partial charge in [0.1, 0.15) is 11.2 Å². The Labute approximate surface area is 132 Å². The highest BCUT2D eigenvalue weighted by atomic mass is 16.6. The van der Waals surface area contributed by atoms with Crippen LogP contribution in [0.5, 0.6) is 0 Å². The van der Waals surface area contributed by atoms with Gasteiger partial charge < -0.3 is 19.3 Å². The molecule has 126 valence electrons. The van der Waals surface area contributed by atoms with Crippen LogP contribution in [0.2, 0.25) is 0 Å². The van der Waals surface area contributed by atoms with E-state index in [1.54, 1.807) is 9.80 Å². The Kier molecular flexibility index (Phi) is 4.33. The van der Waals surface area contributed by atoms with Gasteiger partial charge in [-0.25, -0.2) is 9.59 Å². The minimum absolute atomic E-state index is 0.0520. The third kappa shape index (κ3) is 3.84. The van der Waals surface area contributed by atoms with Crippen LogP contribution >= 0.6 is 0 Å². The number of carbonyl (C=O) groups is 2. The number of carbonyl (C=O) groups excluding carboxylic acids is 2. The fourth-order valence-corrected chi connectivity index (χ4v) is 2.83. The van der Waals surface area contributed by atoms with E-state index in [1.807, 2.05) is 41.5 Å². The first-order valence-electron chi connectivity index (χ1n) is 7.97. The molecule has 0 aromatic heterocycles. The van der Waals surface area contributed by atoms with E-state index >= 15 is 0 Å². The molecule has 1 saturated carbocycles. The van der Waals surface area contributed by atoms with Gasteiger partial charge in [-0.15, -0.1) is 0 Å². The SMILES string of the molecule is CC(C)(C)OC(=O)N1CCN(C(=O)OC(C)(C)C)[C@H]2CC[C@@H]21. The second-order valence-electron chi connectivity index (χ2n) is 8.06. The number of fused-ring (bicyclic) bond motifs is 1. The Balaban J connectivity index is 1.99. The number of hydrogen-bond acceptors (Lipinski definition) is 4. The number of ether oxygens (including phenoxy) is 2. The van der Waals surface area contributed by atoms with E-state index in [0.717, 1.165) is 12.8 Å². The normalized spacial score (nSPS) is 25.2. The molecule has 0 spiro atoms. The lowest BCUT2D eigenvalue weighted by molar-refractivity contribution is -0.0604.